The monoisotopic (exact) mass is 190 g/mol. The summed E-state index contributed by atoms with van der Waals surface area (Å²) in [4.78, 5) is 22.6. The number of amides is 2. The fourth-order valence-electron chi connectivity index (χ4n) is 0.609. The van der Waals surface area contributed by atoms with E-state index >= 15 is 0 Å². The highest BCUT2D eigenvalue weighted by Crippen LogP contribution is 1.87. The quantitative estimate of drug-likeness (QED) is 0.535. The maximum absolute atomic E-state index is 11.1. The van der Waals surface area contributed by atoms with Crippen LogP contribution in [0.1, 0.15) is 6.92 Å². The average molecular weight is 190 g/mol. The predicted molar refractivity (Wildman–Crippen MR) is 45.3 cm³/mol. The molecule has 0 aliphatic rings. The van der Waals surface area contributed by atoms with Crippen molar-refractivity contribution in [3.63, 3.8) is 0 Å². The van der Waals surface area contributed by atoms with E-state index in [-0.39, 0.29) is 13.2 Å². The molecule has 0 fully saturated rings. The molecule has 6 heteroatoms. The highest BCUT2D eigenvalue weighted by molar-refractivity contribution is 5.82. The second-order valence-corrected chi connectivity index (χ2v) is 2.65. The summed E-state index contributed by atoms with van der Waals surface area (Å²) in [5.41, 5.74) is 0. The van der Waals surface area contributed by atoms with Crippen LogP contribution in [0.15, 0.2) is 0 Å². The van der Waals surface area contributed by atoms with Gasteiger partial charge in [-0.15, -0.1) is 0 Å². The lowest BCUT2D eigenvalue weighted by Gasteiger charge is -2.18. The normalized spacial score (nSPS) is 11.9. The van der Waals surface area contributed by atoms with Crippen molar-refractivity contribution in [1.29, 1.82) is 0 Å². The lowest BCUT2D eigenvalue weighted by atomic mass is 10.3. The molecular formula is C7H14N2O4. The second-order valence-electron chi connectivity index (χ2n) is 2.65. The number of likely N-dealkylation sites (N-methyl/N-ethyl adjacent to an activating group) is 1. The van der Waals surface area contributed by atoms with Gasteiger partial charge >= 0.3 is 12.0 Å². The molecule has 76 valence electrons. The number of nitrogens with zero attached hydrogens (tertiary/aromatic N) is 1. The lowest BCUT2D eigenvalue weighted by Crippen LogP contribution is -2.45. The van der Waals surface area contributed by atoms with Gasteiger partial charge in [0, 0.05) is 13.6 Å². The van der Waals surface area contributed by atoms with Crippen LogP contribution >= 0.6 is 0 Å². The van der Waals surface area contributed by atoms with Crippen molar-refractivity contribution in [2.24, 2.45) is 0 Å². The molecule has 0 bridgehead atoms. The summed E-state index contributed by atoms with van der Waals surface area (Å²) >= 11 is 0. The first-order valence-corrected chi connectivity index (χ1v) is 3.84. The van der Waals surface area contributed by atoms with Gasteiger partial charge in [-0.2, -0.15) is 0 Å². The molecule has 3 N–H and O–H groups in total. The highest BCUT2D eigenvalue weighted by Gasteiger charge is 2.15. The third kappa shape index (κ3) is 4.32. The molecule has 1 unspecified atom stereocenters. The molecule has 0 heterocycles. The van der Waals surface area contributed by atoms with Crippen molar-refractivity contribution < 1.29 is 19.8 Å². The molecule has 6 nitrogen and oxygen atoms in total. The molecule has 0 saturated carbocycles. The number of hydrogen-bond acceptors (Lipinski definition) is 3. The number of aliphatic carboxylic acids is 1. The van der Waals surface area contributed by atoms with E-state index < -0.39 is 18.0 Å². The number of carbonyl (C=O) groups is 2. The maximum atomic E-state index is 11.1. The Labute approximate surface area is 76.2 Å². The minimum absolute atomic E-state index is 0.147. The van der Waals surface area contributed by atoms with Gasteiger partial charge in [0.05, 0.1) is 6.61 Å². The number of hydrogen-bond donors (Lipinski definition) is 3. The van der Waals surface area contributed by atoms with Crippen molar-refractivity contribution >= 4 is 12.0 Å². The number of nitrogens with one attached hydrogen (secondary N) is 1. The number of carboxylic acid groups (broad SMARTS) is 1. The Morgan fingerprint density at radius 3 is 2.46 bits per heavy atom. The van der Waals surface area contributed by atoms with Crippen LogP contribution in [0.5, 0.6) is 0 Å². The van der Waals surface area contributed by atoms with Gasteiger partial charge in [-0.05, 0) is 6.92 Å². The fourth-order valence-corrected chi connectivity index (χ4v) is 0.609. The first-order chi connectivity index (χ1) is 5.99. The van der Waals surface area contributed by atoms with E-state index in [1.165, 1.54) is 18.9 Å². The Hall–Kier alpha value is -1.30. The SMILES string of the molecule is CC(NC(=O)N(C)CCO)C(=O)O. The van der Waals surface area contributed by atoms with Crippen molar-refractivity contribution in [3.05, 3.63) is 0 Å². The standard InChI is InChI=1S/C7H14N2O4/c1-5(6(11)12)8-7(13)9(2)3-4-10/h5,10H,3-4H2,1-2H3,(H,8,13)(H,11,12). The topological polar surface area (TPSA) is 89.9 Å². The highest BCUT2D eigenvalue weighted by atomic mass is 16.4. The van der Waals surface area contributed by atoms with E-state index in [1.54, 1.807) is 0 Å². The van der Waals surface area contributed by atoms with Gasteiger partial charge in [-0.1, -0.05) is 0 Å². The summed E-state index contributed by atoms with van der Waals surface area (Å²) in [6.45, 7) is 1.40. The van der Waals surface area contributed by atoms with Gasteiger partial charge in [-0.3, -0.25) is 4.79 Å². The molecule has 0 radical (unpaired) electrons. The Morgan fingerprint density at radius 2 is 2.08 bits per heavy atom. The molecule has 13 heavy (non-hydrogen) atoms. The molecule has 0 aromatic carbocycles. The van der Waals surface area contributed by atoms with Crippen molar-refractivity contribution in [3.8, 4) is 0 Å². The van der Waals surface area contributed by atoms with E-state index in [0.717, 1.165) is 0 Å². The Bertz CT molecular complexity index is 195. The minimum Gasteiger partial charge on any atom is -0.480 e. The second kappa shape index (κ2) is 5.36. The summed E-state index contributed by atoms with van der Waals surface area (Å²) in [5.74, 6) is -1.09. The Morgan fingerprint density at radius 1 is 1.54 bits per heavy atom. The first-order valence-electron chi connectivity index (χ1n) is 3.84. The van der Waals surface area contributed by atoms with E-state index in [2.05, 4.69) is 5.32 Å². The van der Waals surface area contributed by atoms with E-state index in [1.807, 2.05) is 0 Å². The molecule has 0 aromatic rings. The van der Waals surface area contributed by atoms with Crippen molar-refractivity contribution in [2.75, 3.05) is 20.2 Å². The van der Waals surface area contributed by atoms with Gasteiger partial charge in [-0.25, -0.2) is 4.79 Å². The molecule has 0 spiro atoms. The zero-order valence-electron chi connectivity index (χ0n) is 7.65. The minimum atomic E-state index is -1.09. The van der Waals surface area contributed by atoms with E-state index in [4.69, 9.17) is 10.2 Å². The summed E-state index contributed by atoms with van der Waals surface area (Å²) in [7, 11) is 1.47. The molecule has 0 saturated heterocycles. The smallest absolute Gasteiger partial charge is 0.325 e. The molecule has 1 atom stereocenters. The Balaban J connectivity index is 3.92. The van der Waals surface area contributed by atoms with Gasteiger partial charge < -0.3 is 20.4 Å². The zero-order chi connectivity index (χ0) is 10.4. The number of urea groups is 1. The maximum Gasteiger partial charge on any atom is 0.325 e. The molecule has 0 rings (SSSR count). The van der Waals surface area contributed by atoms with Crippen LogP contribution in [0.3, 0.4) is 0 Å². The van der Waals surface area contributed by atoms with Crippen LogP contribution in [-0.2, 0) is 4.79 Å². The van der Waals surface area contributed by atoms with Gasteiger partial charge in [0.25, 0.3) is 0 Å². The number of aliphatic hydroxyl groups is 1. The Kier molecular flexibility index (Phi) is 4.83. The van der Waals surface area contributed by atoms with Crippen LogP contribution in [0.4, 0.5) is 4.79 Å². The molecule has 0 aliphatic carbocycles. The van der Waals surface area contributed by atoms with Crippen LogP contribution in [-0.4, -0.2) is 53.4 Å². The van der Waals surface area contributed by atoms with Crippen LogP contribution in [0, 0.1) is 0 Å². The van der Waals surface area contributed by atoms with Crippen molar-refractivity contribution in [2.45, 2.75) is 13.0 Å². The molecule has 0 aliphatic heterocycles. The summed E-state index contributed by atoms with van der Waals surface area (Å²) < 4.78 is 0. The van der Waals surface area contributed by atoms with E-state index in [9.17, 15) is 9.59 Å². The first kappa shape index (κ1) is 11.7. The number of rotatable bonds is 4. The van der Waals surface area contributed by atoms with Crippen LogP contribution < -0.4 is 5.32 Å². The number of carboxylic acids is 1. The third-order valence-corrected chi connectivity index (χ3v) is 1.49. The van der Waals surface area contributed by atoms with Crippen LogP contribution in [0.2, 0.25) is 0 Å². The summed E-state index contributed by atoms with van der Waals surface area (Å²) in [6, 6.07) is -1.43. The molecule has 2 amide bonds. The average Bonchev–Trinajstić information content (AvgIpc) is 2.04. The molecule has 0 aromatic heterocycles. The van der Waals surface area contributed by atoms with Crippen LogP contribution in [0.25, 0.3) is 0 Å². The lowest BCUT2D eigenvalue weighted by molar-refractivity contribution is -0.138. The molecular weight excluding hydrogens is 176 g/mol. The van der Waals surface area contributed by atoms with Crippen molar-refractivity contribution in [1.82, 2.24) is 10.2 Å². The van der Waals surface area contributed by atoms with Gasteiger partial charge in [0.15, 0.2) is 0 Å². The third-order valence-electron chi connectivity index (χ3n) is 1.49. The summed E-state index contributed by atoms with van der Waals surface area (Å²) in [5, 5.41) is 19.2. The fraction of sp³-hybridized carbons (Fsp3) is 0.714. The predicted octanol–water partition coefficient (Wildman–Crippen LogP) is -0.907. The largest absolute Gasteiger partial charge is 0.480 e. The van der Waals surface area contributed by atoms with E-state index in [0.29, 0.717) is 0 Å². The number of carbonyl (C=O) groups excluding carboxylic acids is 1. The summed E-state index contributed by atoms with van der Waals surface area (Å²) in [6.07, 6.45) is 0. The number of aliphatic hydroxyl groups excluding tert-OH is 1. The zero-order valence-corrected chi connectivity index (χ0v) is 7.65. The van der Waals surface area contributed by atoms with Gasteiger partial charge in [0.1, 0.15) is 6.04 Å². The van der Waals surface area contributed by atoms with Gasteiger partial charge in [0.2, 0.25) is 0 Å².